The van der Waals surface area contributed by atoms with Gasteiger partial charge >= 0.3 is 0 Å². The first kappa shape index (κ1) is 24.1. The van der Waals surface area contributed by atoms with Crippen LogP contribution < -0.4 is 15.5 Å². The lowest BCUT2D eigenvalue weighted by Crippen LogP contribution is -2.43. The van der Waals surface area contributed by atoms with E-state index in [2.05, 4.69) is 20.5 Å². The number of nitrogens with zero attached hydrogens (tertiary/aromatic N) is 1. The number of sulfone groups is 1. The van der Waals surface area contributed by atoms with Gasteiger partial charge in [-0.2, -0.15) is 0 Å². The number of piperazine rings is 1. The van der Waals surface area contributed by atoms with E-state index in [0.29, 0.717) is 5.69 Å². The van der Waals surface area contributed by atoms with E-state index in [9.17, 15) is 13.2 Å². The Labute approximate surface area is 211 Å². The summed E-state index contributed by atoms with van der Waals surface area (Å²) in [5.41, 5.74) is 4.30. The molecule has 36 heavy (non-hydrogen) atoms. The number of carbonyl (C=O) groups is 1. The van der Waals surface area contributed by atoms with Gasteiger partial charge in [0.05, 0.1) is 4.90 Å². The van der Waals surface area contributed by atoms with Crippen LogP contribution in [0.5, 0.6) is 0 Å². The fraction of sp³-hybridized carbons (Fsp3) is 0.250. The van der Waals surface area contributed by atoms with Crippen LogP contribution in [0.15, 0.2) is 83.9 Å². The van der Waals surface area contributed by atoms with E-state index >= 15 is 0 Å². The lowest BCUT2D eigenvalue weighted by molar-refractivity contribution is -0.115. The first-order valence-corrected chi connectivity index (χ1v) is 13.7. The van der Waals surface area contributed by atoms with Crippen LogP contribution in [0.25, 0.3) is 10.9 Å². The molecule has 1 amide bonds. The van der Waals surface area contributed by atoms with Crippen LogP contribution in [-0.4, -0.2) is 50.7 Å². The maximum Gasteiger partial charge on any atom is 0.243 e. The monoisotopic (exact) mass is 502 g/mol. The molecule has 5 rings (SSSR count). The van der Waals surface area contributed by atoms with E-state index in [4.69, 9.17) is 0 Å². The molecule has 1 atom stereocenters. The zero-order valence-corrected chi connectivity index (χ0v) is 21.0. The Morgan fingerprint density at radius 3 is 2.39 bits per heavy atom. The maximum absolute atomic E-state index is 13.7. The number of aryl methyl sites for hydroxylation is 1. The normalized spacial score (nSPS) is 15.1. The van der Waals surface area contributed by atoms with Gasteiger partial charge in [0.2, 0.25) is 5.91 Å². The highest BCUT2D eigenvalue weighted by atomic mass is 32.2. The summed E-state index contributed by atoms with van der Waals surface area (Å²) in [5, 5.41) is 5.82. The van der Waals surface area contributed by atoms with Crippen molar-refractivity contribution in [1.82, 2.24) is 10.3 Å². The number of rotatable bonds is 7. The van der Waals surface area contributed by atoms with Crippen LogP contribution in [0.1, 0.15) is 11.1 Å². The summed E-state index contributed by atoms with van der Waals surface area (Å²) in [4.78, 5) is 19.1. The number of nitrogens with one attached hydrogen (secondary N) is 3. The van der Waals surface area contributed by atoms with Crippen molar-refractivity contribution in [3.63, 3.8) is 0 Å². The quantitative estimate of drug-likeness (QED) is 0.356. The SMILES string of the molecule is Cc1ccc(S(=O)(=O)C(Cc2c[nH]c3ccccc23)C(=O)Nc2ccc(N3CCNCC3)cc2)cc1. The highest BCUT2D eigenvalue weighted by Crippen LogP contribution is 2.26. The Morgan fingerprint density at radius 2 is 1.67 bits per heavy atom. The average molecular weight is 503 g/mol. The summed E-state index contributed by atoms with van der Waals surface area (Å²) < 4.78 is 27.4. The first-order valence-electron chi connectivity index (χ1n) is 12.1. The Balaban J connectivity index is 1.43. The Morgan fingerprint density at radius 1 is 0.972 bits per heavy atom. The molecule has 186 valence electrons. The third-order valence-electron chi connectivity index (χ3n) is 6.71. The Hall–Kier alpha value is -3.62. The first-order chi connectivity index (χ1) is 17.4. The summed E-state index contributed by atoms with van der Waals surface area (Å²) >= 11 is 0. The highest BCUT2D eigenvalue weighted by molar-refractivity contribution is 7.92. The van der Waals surface area contributed by atoms with Gasteiger partial charge in [0, 0.05) is 61.1 Å². The molecule has 1 aliphatic rings. The molecular weight excluding hydrogens is 472 g/mol. The third kappa shape index (κ3) is 5.01. The molecule has 1 aromatic heterocycles. The third-order valence-corrected chi connectivity index (χ3v) is 8.77. The minimum absolute atomic E-state index is 0.0604. The summed E-state index contributed by atoms with van der Waals surface area (Å²) in [6.07, 6.45) is 1.85. The van der Waals surface area contributed by atoms with Crippen molar-refractivity contribution in [2.75, 3.05) is 36.4 Å². The summed E-state index contributed by atoms with van der Waals surface area (Å²) in [6, 6.07) is 21.9. The van der Waals surface area contributed by atoms with Crippen LogP contribution in [0.4, 0.5) is 11.4 Å². The molecule has 8 heteroatoms. The summed E-state index contributed by atoms with van der Waals surface area (Å²) in [7, 11) is -3.95. The number of amides is 1. The molecule has 0 radical (unpaired) electrons. The molecule has 7 nitrogen and oxygen atoms in total. The van der Waals surface area contributed by atoms with Gasteiger partial charge in [0.1, 0.15) is 5.25 Å². The number of benzene rings is 3. The lowest BCUT2D eigenvalue weighted by Gasteiger charge is -2.29. The molecule has 1 aliphatic heterocycles. The number of H-pyrrole nitrogens is 1. The van der Waals surface area contributed by atoms with E-state index in [0.717, 1.165) is 53.9 Å². The molecule has 1 fully saturated rings. The van der Waals surface area contributed by atoms with Gasteiger partial charge in [-0.05, 0) is 55.0 Å². The molecule has 3 N–H and O–H groups in total. The number of anilines is 2. The molecule has 1 unspecified atom stereocenters. The van der Waals surface area contributed by atoms with Crippen molar-refractivity contribution in [2.24, 2.45) is 0 Å². The molecule has 0 aliphatic carbocycles. The number of carbonyl (C=O) groups excluding carboxylic acids is 1. The Kier molecular flexibility index (Phi) is 6.80. The number of aromatic nitrogens is 1. The van der Waals surface area contributed by atoms with Crippen LogP contribution in [0, 0.1) is 6.92 Å². The standard InChI is InChI=1S/C28H30N4O3S/c1-20-6-12-24(13-7-20)36(34,35)27(18-21-19-30-26-5-3-2-4-25(21)26)28(33)31-22-8-10-23(11-9-22)32-16-14-29-15-17-32/h2-13,19,27,29-30H,14-18H2,1H3,(H,31,33). The van der Waals surface area contributed by atoms with Crippen molar-refractivity contribution >= 4 is 38.0 Å². The van der Waals surface area contributed by atoms with Gasteiger partial charge in [-0.1, -0.05) is 35.9 Å². The van der Waals surface area contributed by atoms with E-state index in [-0.39, 0.29) is 11.3 Å². The van der Waals surface area contributed by atoms with E-state index < -0.39 is 21.0 Å². The van der Waals surface area contributed by atoms with Crippen molar-refractivity contribution < 1.29 is 13.2 Å². The van der Waals surface area contributed by atoms with Crippen molar-refractivity contribution in [2.45, 2.75) is 23.5 Å². The zero-order chi connectivity index (χ0) is 25.1. The number of hydrogen-bond donors (Lipinski definition) is 3. The lowest BCUT2D eigenvalue weighted by atomic mass is 10.1. The zero-order valence-electron chi connectivity index (χ0n) is 20.2. The van der Waals surface area contributed by atoms with Gasteiger partial charge in [0.25, 0.3) is 0 Å². The topological polar surface area (TPSA) is 94.3 Å². The number of fused-ring (bicyclic) bond motifs is 1. The van der Waals surface area contributed by atoms with E-state index in [1.807, 2.05) is 55.5 Å². The fourth-order valence-corrected chi connectivity index (χ4v) is 6.22. The van der Waals surface area contributed by atoms with E-state index in [1.54, 1.807) is 30.5 Å². The molecule has 0 saturated carbocycles. The van der Waals surface area contributed by atoms with Crippen LogP contribution in [-0.2, 0) is 21.1 Å². The fourth-order valence-electron chi connectivity index (χ4n) is 4.64. The molecule has 4 aromatic rings. The second-order valence-electron chi connectivity index (χ2n) is 9.18. The van der Waals surface area contributed by atoms with Crippen LogP contribution >= 0.6 is 0 Å². The van der Waals surface area contributed by atoms with Crippen molar-refractivity contribution in [1.29, 1.82) is 0 Å². The largest absolute Gasteiger partial charge is 0.369 e. The van der Waals surface area contributed by atoms with E-state index in [1.165, 1.54) is 0 Å². The molecule has 3 aromatic carbocycles. The average Bonchev–Trinajstić information content (AvgIpc) is 3.31. The predicted molar refractivity (Wildman–Crippen MR) is 144 cm³/mol. The smallest absolute Gasteiger partial charge is 0.243 e. The van der Waals surface area contributed by atoms with Crippen LogP contribution in [0.2, 0.25) is 0 Å². The molecular formula is C28H30N4O3S. The Bertz CT molecular complexity index is 1450. The molecule has 0 spiro atoms. The molecule has 1 saturated heterocycles. The number of hydrogen-bond acceptors (Lipinski definition) is 5. The van der Waals surface area contributed by atoms with Crippen molar-refractivity contribution in [3.8, 4) is 0 Å². The minimum atomic E-state index is -3.95. The molecule has 0 bridgehead atoms. The van der Waals surface area contributed by atoms with Gasteiger partial charge < -0.3 is 20.5 Å². The van der Waals surface area contributed by atoms with Gasteiger partial charge in [-0.15, -0.1) is 0 Å². The second-order valence-corrected chi connectivity index (χ2v) is 11.3. The van der Waals surface area contributed by atoms with Gasteiger partial charge in [-0.25, -0.2) is 8.42 Å². The highest BCUT2D eigenvalue weighted by Gasteiger charge is 2.35. The summed E-state index contributed by atoms with van der Waals surface area (Å²) in [5.74, 6) is -0.546. The van der Waals surface area contributed by atoms with Crippen LogP contribution in [0.3, 0.4) is 0 Å². The summed E-state index contributed by atoms with van der Waals surface area (Å²) in [6.45, 7) is 5.62. The predicted octanol–water partition coefficient (Wildman–Crippen LogP) is 3.91. The van der Waals surface area contributed by atoms with Crippen molar-refractivity contribution in [3.05, 3.63) is 90.1 Å². The second kappa shape index (κ2) is 10.2. The number of para-hydroxylation sites is 1. The molecule has 2 heterocycles. The number of aromatic amines is 1. The maximum atomic E-state index is 13.7. The van der Waals surface area contributed by atoms with Gasteiger partial charge in [-0.3, -0.25) is 4.79 Å². The minimum Gasteiger partial charge on any atom is -0.369 e. The van der Waals surface area contributed by atoms with Gasteiger partial charge in [0.15, 0.2) is 9.84 Å².